The molecule has 8 nitrogen and oxygen atoms in total. The van der Waals surface area contributed by atoms with Crippen LogP contribution in [0.15, 0.2) is 18.5 Å². The van der Waals surface area contributed by atoms with Crippen LogP contribution in [0.2, 0.25) is 0 Å². The fourth-order valence-electron chi connectivity index (χ4n) is 5.68. The molecular weight excluding hydrogens is 380 g/mol. The van der Waals surface area contributed by atoms with Crippen LogP contribution in [0.4, 0.5) is 10.7 Å². The van der Waals surface area contributed by atoms with Crippen molar-refractivity contribution in [2.24, 2.45) is 16.7 Å². The van der Waals surface area contributed by atoms with Gasteiger partial charge in [0.15, 0.2) is 0 Å². The molecule has 3 unspecified atom stereocenters. The van der Waals surface area contributed by atoms with Crippen molar-refractivity contribution in [3.05, 3.63) is 18.5 Å². The molecule has 3 fully saturated rings. The van der Waals surface area contributed by atoms with Crippen LogP contribution in [0, 0.1) is 16.7 Å². The number of amides is 3. The van der Waals surface area contributed by atoms with Crippen molar-refractivity contribution < 1.29 is 9.59 Å². The molecule has 3 amide bonds. The average Bonchev–Trinajstić information content (AvgIpc) is 3.08. The van der Waals surface area contributed by atoms with E-state index in [2.05, 4.69) is 46.3 Å². The molecule has 0 radical (unpaired) electrons. The maximum atomic E-state index is 12.5. The predicted octanol–water partition coefficient (Wildman–Crippen LogP) is 2.03. The van der Waals surface area contributed by atoms with Crippen LogP contribution in [0.5, 0.6) is 0 Å². The van der Waals surface area contributed by atoms with Gasteiger partial charge < -0.3 is 20.4 Å². The zero-order valence-corrected chi connectivity index (χ0v) is 18.4. The lowest BCUT2D eigenvalue weighted by Gasteiger charge is -2.39. The topological polar surface area (TPSA) is 90.5 Å². The summed E-state index contributed by atoms with van der Waals surface area (Å²) in [5.74, 6) is 1.48. The SMILES string of the molecule is CC1(C)C2CCC1(C)C(NC(=O)NCCC(=O)N1CCN(c3ncccn3)CC1)C2. The van der Waals surface area contributed by atoms with Gasteiger partial charge >= 0.3 is 6.03 Å². The molecule has 164 valence electrons. The van der Waals surface area contributed by atoms with Crippen molar-refractivity contribution in [2.75, 3.05) is 37.6 Å². The molecular formula is C22H34N6O2. The molecule has 1 aromatic rings. The summed E-state index contributed by atoms with van der Waals surface area (Å²) in [6, 6.07) is 1.86. The minimum atomic E-state index is -0.150. The Bertz CT molecular complexity index is 777. The van der Waals surface area contributed by atoms with Gasteiger partial charge in [0.25, 0.3) is 0 Å². The number of anilines is 1. The summed E-state index contributed by atoms with van der Waals surface area (Å²) in [7, 11) is 0. The Hall–Kier alpha value is -2.38. The van der Waals surface area contributed by atoms with Gasteiger partial charge in [-0.05, 0) is 42.1 Å². The molecule has 8 heteroatoms. The zero-order chi connectivity index (χ0) is 21.4. The highest BCUT2D eigenvalue weighted by Crippen LogP contribution is 2.65. The molecule has 2 N–H and O–H groups in total. The van der Waals surface area contributed by atoms with Crippen molar-refractivity contribution in [1.82, 2.24) is 25.5 Å². The van der Waals surface area contributed by atoms with Crippen molar-refractivity contribution in [2.45, 2.75) is 52.5 Å². The lowest BCUT2D eigenvalue weighted by molar-refractivity contribution is -0.131. The van der Waals surface area contributed by atoms with Crippen molar-refractivity contribution >= 4 is 17.9 Å². The summed E-state index contributed by atoms with van der Waals surface area (Å²) < 4.78 is 0. The third-order valence-electron chi connectivity index (χ3n) is 8.19. The molecule has 30 heavy (non-hydrogen) atoms. The van der Waals surface area contributed by atoms with Crippen molar-refractivity contribution in [3.8, 4) is 0 Å². The van der Waals surface area contributed by atoms with E-state index in [9.17, 15) is 9.59 Å². The van der Waals surface area contributed by atoms with Crippen LogP contribution in [0.25, 0.3) is 0 Å². The quantitative estimate of drug-likeness (QED) is 0.769. The molecule has 2 saturated carbocycles. The van der Waals surface area contributed by atoms with Gasteiger partial charge in [0.2, 0.25) is 11.9 Å². The van der Waals surface area contributed by atoms with Gasteiger partial charge in [0.1, 0.15) is 0 Å². The smallest absolute Gasteiger partial charge is 0.315 e. The number of carbonyl (C=O) groups is 2. The fourth-order valence-corrected chi connectivity index (χ4v) is 5.68. The van der Waals surface area contributed by atoms with E-state index in [0.717, 1.165) is 19.5 Å². The molecule has 4 rings (SSSR count). The monoisotopic (exact) mass is 414 g/mol. The van der Waals surface area contributed by atoms with Gasteiger partial charge in [0.05, 0.1) is 0 Å². The van der Waals surface area contributed by atoms with E-state index in [-0.39, 0.29) is 28.8 Å². The molecule has 2 bridgehead atoms. The van der Waals surface area contributed by atoms with E-state index >= 15 is 0 Å². The molecule has 3 atom stereocenters. The Morgan fingerprint density at radius 2 is 1.83 bits per heavy atom. The molecule has 1 aliphatic heterocycles. The largest absolute Gasteiger partial charge is 0.339 e. The van der Waals surface area contributed by atoms with Crippen LogP contribution >= 0.6 is 0 Å². The van der Waals surface area contributed by atoms with Crippen LogP contribution in [-0.4, -0.2) is 65.6 Å². The summed E-state index contributed by atoms with van der Waals surface area (Å²) in [5.41, 5.74) is 0.431. The number of hydrogen-bond acceptors (Lipinski definition) is 5. The van der Waals surface area contributed by atoms with Gasteiger partial charge in [0, 0.05) is 57.6 Å². The maximum Gasteiger partial charge on any atom is 0.315 e. The minimum absolute atomic E-state index is 0.0805. The summed E-state index contributed by atoms with van der Waals surface area (Å²) in [6.45, 7) is 10.1. The van der Waals surface area contributed by atoms with E-state index in [1.807, 2.05) is 4.90 Å². The normalized spacial score (nSPS) is 29.7. The highest BCUT2D eigenvalue weighted by Gasteiger charge is 2.61. The second-order valence-electron chi connectivity index (χ2n) is 9.73. The second-order valence-corrected chi connectivity index (χ2v) is 9.73. The van der Waals surface area contributed by atoms with Crippen LogP contribution in [0.3, 0.4) is 0 Å². The van der Waals surface area contributed by atoms with Gasteiger partial charge in [-0.25, -0.2) is 14.8 Å². The second kappa shape index (κ2) is 8.04. The highest BCUT2D eigenvalue weighted by atomic mass is 16.2. The maximum absolute atomic E-state index is 12.5. The van der Waals surface area contributed by atoms with Gasteiger partial charge in [-0.3, -0.25) is 4.79 Å². The first-order valence-electron chi connectivity index (χ1n) is 11.2. The van der Waals surface area contributed by atoms with Gasteiger partial charge in [-0.2, -0.15) is 0 Å². The number of rotatable bonds is 5. The summed E-state index contributed by atoms with van der Waals surface area (Å²) >= 11 is 0. The minimum Gasteiger partial charge on any atom is -0.339 e. The summed E-state index contributed by atoms with van der Waals surface area (Å²) in [6.07, 6.45) is 7.29. The first-order valence-corrected chi connectivity index (χ1v) is 11.2. The van der Waals surface area contributed by atoms with Crippen molar-refractivity contribution in [1.29, 1.82) is 0 Å². The summed E-state index contributed by atoms with van der Waals surface area (Å²) in [5, 5.41) is 6.08. The molecule has 1 saturated heterocycles. The molecule has 2 heterocycles. The number of piperazine rings is 1. The van der Waals surface area contributed by atoms with E-state index in [0.29, 0.717) is 37.9 Å². The standard InChI is InChI=1S/C22H34N6O2/c1-21(2)16-5-7-22(21,3)17(15-16)26-20(30)25-10-6-18(29)27-11-13-28(14-12-27)19-23-8-4-9-24-19/h4,8-9,16-17H,5-7,10-15H2,1-3H3,(H2,25,26,30). The number of urea groups is 1. The first kappa shape index (κ1) is 20.9. The lowest BCUT2D eigenvalue weighted by Crippen LogP contribution is -2.51. The number of carbonyl (C=O) groups excluding carboxylic acids is 2. The number of hydrogen-bond donors (Lipinski definition) is 2. The summed E-state index contributed by atoms with van der Waals surface area (Å²) in [4.78, 5) is 37.4. The van der Waals surface area contributed by atoms with Crippen molar-refractivity contribution in [3.63, 3.8) is 0 Å². The van der Waals surface area contributed by atoms with E-state index < -0.39 is 0 Å². The number of aromatic nitrogens is 2. The van der Waals surface area contributed by atoms with E-state index in [1.54, 1.807) is 18.5 Å². The molecule has 1 aromatic heterocycles. The first-order chi connectivity index (χ1) is 14.3. The Balaban J connectivity index is 1.17. The Morgan fingerprint density at radius 1 is 1.13 bits per heavy atom. The van der Waals surface area contributed by atoms with Crippen LogP contribution < -0.4 is 15.5 Å². The Morgan fingerprint density at radius 3 is 2.43 bits per heavy atom. The lowest BCUT2D eigenvalue weighted by atomic mass is 9.69. The molecule has 0 aromatic carbocycles. The average molecular weight is 415 g/mol. The number of fused-ring (bicyclic) bond motifs is 2. The predicted molar refractivity (Wildman–Crippen MR) is 115 cm³/mol. The molecule has 2 aliphatic carbocycles. The third kappa shape index (κ3) is 3.72. The Kier molecular flexibility index (Phi) is 5.59. The molecule has 0 spiro atoms. The molecule has 3 aliphatic rings. The fraction of sp³-hybridized carbons (Fsp3) is 0.727. The highest BCUT2D eigenvalue weighted by molar-refractivity contribution is 5.78. The van der Waals surface area contributed by atoms with E-state index in [4.69, 9.17) is 0 Å². The van der Waals surface area contributed by atoms with Gasteiger partial charge in [-0.15, -0.1) is 0 Å². The Labute approximate surface area is 178 Å². The number of nitrogens with zero attached hydrogens (tertiary/aromatic N) is 4. The third-order valence-corrected chi connectivity index (χ3v) is 8.19. The van der Waals surface area contributed by atoms with Crippen LogP contribution in [0.1, 0.15) is 46.5 Å². The van der Waals surface area contributed by atoms with Gasteiger partial charge in [-0.1, -0.05) is 20.8 Å². The van der Waals surface area contributed by atoms with E-state index in [1.165, 1.54) is 12.8 Å². The zero-order valence-electron chi connectivity index (χ0n) is 18.4. The van der Waals surface area contributed by atoms with Crippen LogP contribution in [-0.2, 0) is 4.79 Å². The number of nitrogens with one attached hydrogen (secondary N) is 2.